The highest BCUT2D eigenvalue weighted by Gasteiger charge is 2.14. The van der Waals surface area contributed by atoms with Crippen LogP contribution in [0.2, 0.25) is 0 Å². The van der Waals surface area contributed by atoms with Gasteiger partial charge < -0.3 is 5.32 Å². The van der Waals surface area contributed by atoms with Crippen LogP contribution in [0.5, 0.6) is 0 Å². The van der Waals surface area contributed by atoms with Crippen molar-refractivity contribution in [2.45, 2.75) is 18.4 Å². The fourth-order valence-corrected chi connectivity index (χ4v) is 4.09. The van der Waals surface area contributed by atoms with Gasteiger partial charge in [-0.25, -0.2) is 17.5 Å². The molecule has 0 aliphatic rings. The van der Waals surface area contributed by atoms with Gasteiger partial charge in [0.2, 0.25) is 10.0 Å². The zero-order valence-electron chi connectivity index (χ0n) is 16.1. The Morgan fingerprint density at radius 3 is 2.57 bits per heavy atom. The molecule has 0 aliphatic carbocycles. The standard InChI is InChI=1S/C22H19FN4O2S/c1-15-11-22(20-12-17(23)4-9-21(20)26-15)27-18-5-7-19(8-6-18)30(28,29)25-14-16-3-2-10-24-13-16/h2-13,25H,14H2,1H3,(H,26,27). The number of sulfonamides is 1. The van der Waals surface area contributed by atoms with Crippen molar-refractivity contribution in [1.29, 1.82) is 0 Å². The summed E-state index contributed by atoms with van der Waals surface area (Å²) in [4.78, 5) is 8.54. The fraction of sp³-hybridized carbons (Fsp3) is 0.0909. The average molecular weight is 422 g/mol. The summed E-state index contributed by atoms with van der Waals surface area (Å²) in [6.45, 7) is 2.02. The highest BCUT2D eigenvalue weighted by atomic mass is 32.2. The van der Waals surface area contributed by atoms with E-state index in [0.717, 1.165) is 11.3 Å². The first-order chi connectivity index (χ1) is 14.4. The van der Waals surface area contributed by atoms with E-state index in [2.05, 4.69) is 20.0 Å². The van der Waals surface area contributed by atoms with E-state index in [9.17, 15) is 12.8 Å². The largest absolute Gasteiger partial charge is 0.355 e. The smallest absolute Gasteiger partial charge is 0.240 e. The van der Waals surface area contributed by atoms with Crippen LogP contribution in [0.15, 0.2) is 78.0 Å². The summed E-state index contributed by atoms with van der Waals surface area (Å²) in [5.74, 6) is -0.350. The zero-order chi connectivity index (χ0) is 21.1. The van der Waals surface area contributed by atoms with Crippen molar-refractivity contribution < 1.29 is 12.8 Å². The van der Waals surface area contributed by atoms with E-state index in [0.29, 0.717) is 22.3 Å². The van der Waals surface area contributed by atoms with Crippen LogP contribution in [-0.2, 0) is 16.6 Å². The van der Waals surface area contributed by atoms with Gasteiger partial charge in [0.25, 0.3) is 0 Å². The minimum atomic E-state index is -3.66. The predicted molar refractivity (Wildman–Crippen MR) is 114 cm³/mol. The van der Waals surface area contributed by atoms with Crippen molar-refractivity contribution in [3.8, 4) is 0 Å². The summed E-state index contributed by atoms with van der Waals surface area (Å²) in [5.41, 5.74) is 3.61. The molecular weight excluding hydrogens is 403 g/mol. The van der Waals surface area contributed by atoms with Gasteiger partial charge >= 0.3 is 0 Å². The molecule has 0 atom stereocenters. The molecular formula is C22H19FN4O2S. The Morgan fingerprint density at radius 2 is 1.83 bits per heavy atom. The lowest BCUT2D eigenvalue weighted by Crippen LogP contribution is -2.23. The Morgan fingerprint density at radius 1 is 1.03 bits per heavy atom. The molecule has 0 fully saturated rings. The van der Waals surface area contributed by atoms with E-state index in [-0.39, 0.29) is 17.3 Å². The van der Waals surface area contributed by atoms with Gasteiger partial charge in [-0.2, -0.15) is 0 Å². The minimum absolute atomic E-state index is 0.152. The van der Waals surface area contributed by atoms with Gasteiger partial charge in [0.15, 0.2) is 0 Å². The molecule has 0 spiro atoms. The van der Waals surface area contributed by atoms with Crippen molar-refractivity contribution in [1.82, 2.24) is 14.7 Å². The quantitative estimate of drug-likeness (QED) is 0.484. The van der Waals surface area contributed by atoms with E-state index in [1.54, 1.807) is 42.7 Å². The Bertz CT molecular complexity index is 1290. The normalized spacial score (nSPS) is 11.5. The number of hydrogen-bond donors (Lipinski definition) is 2. The van der Waals surface area contributed by atoms with Crippen LogP contribution in [0.25, 0.3) is 10.9 Å². The fourth-order valence-electron chi connectivity index (χ4n) is 3.07. The third kappa shape index (κ3) is 4.45. The molecule has 152 valence electrons. The van der Waals surface area contributed by atoms with E-state index >= 15 is 0 Å². The second kappa shape index (κ2) is 8.17. The highest BCUT2D eigenvalue weighted by Crippen LogP contribution is 2.27. The van der Waals surface area contributed by atoms with Gasteiger partial charge in [0.1, 0.15) is 5.82 Å². The summed E-state index contributed by atoms with van der Waals surface area (Å²) < 4.78 is 41.3. The van der Waals surface area contributed by atoms with E-state index < -0.39 is 10.0 Å². The highest BCUT2D eigenvalue weighted by molar-refractivity contribution is 7.89. The Kier molecular flexibility index (Phi) is 5.43. The van der Waals surface area contributed by atoms with Gasteiger partial charge in [-0.1, -0.05) is 6.07 Å². The molecule has 2 aromatic heterocycles. The van der Waals surface area contributed by atoms with E-state index in [4.69, 9.17) is 0 Å². The number of rotatable bonds is 6. The van der Waals surface area contributed by atoms with E-state index in [1.807, 2.05) is 13.0 Å². The topological polar surface area (TPSA) is 84.0 Å². The third-order valence-electron chi connectivity index (χ3n) is 4.53. The molecule has 0 radical (unpaired) electrons. The maximum Gasteiger partial charge on any atom is 0.240 e. The van der Waals surface area contributed by atoms with Gasteiger partial charge in [-0.3, -0.25) is 9.97 Å². The van der Waals surface area contributed by atoms with E-state index in [1.165, 1.54) is 24.3 Å². The Hall–Kier alpha value is -3.36. The van der Waals surface area contributed by atoms with Crippen LogP contribution in [0, 0.1) is 12.7 Å². The molecule has 8 heteroatoms. The number of aryl methyl sites for hydroxylation is 1. The molecule has 4 rings (SSSR count). The van der Waals surface area contributed by atoms with Crippen LogP contribution in [-0.4, -0.2) is 18.4 Å². The molecule has 0 aliphatic heterocycles. The number of anilines is 2. The number of halogens is 1. The average Bonchev–Trinajstić information content (AvgIpc) is 2.74. The summed E-state index contributed by atoms with van der Waals surface area (Å²) in [6.07, 6.45) is 3.24. The maximum absolute atomic E-state index is 13.7. The SMILES string of the molecule is Cc1cc(Nc2ccc(S(=O)(=O)NCc3cccnc3)cc2)c2cc(F)ccc2n1. The molecule has 0 amide bonds. The number of pyridine rings is 2. The lowest BCUT2D eigenvalue weighted by atomic mass is 10.1. The molecule has 0 saturated carbocycles. The lowest BCUT2D eigenvalue weighted by Gasteiger charge is -2.12. The molecule has 30 heavy (non-hydrogen) atoms. The van der Waals surface area contributed by atoms with Gasteiger partial charge in [-0.15, -0.1) is 0 Å². The lowest BCUT2D eigenvalue weighted by molar-refractivity contribution is 0.581. The second-order valence-corrected chi connectivity index (χ2v) is 8.57. The number of fused-ring (bicyclic) bond motifs is 1. The molecule has 0 bridgehead atoms. The van der Waals surface area contributed by atoms with Crippen molar-refractivity contribution >= 4 is 32.3 Å². The van der Waals surface area contributed by atoms with Crippen LogP contribution in [0.4, 0.5) is 15.8 Å². The number of aromatic nitrogens is 2. The molecule has 2 aromatic carbocycles. The molecule has 0 saturated heterocycles. The monoisotopic (exact) mass is 422 g/mol. The zero-order valence-corrected chi connectivity index (χ0v) is 16.9. The van der Waals surface area contributed by atoms with Gasteiger partial charge in [0, 0.05) is 41.4 Å². The van der Waals surface area contributed by atoms with Crippen LogP contribution in [0.3, 0.4) is 0 Å². The van der Waals surface area contributed by atoms with Crippen molar-refractivity contribution in [2.24, 2.45) is 0 Å². The molecule has 2 heterocycles. The first kappa shape index (κ1) is 19.9. The van der Waals surface area contributed by atoms with Crippen LogP contribution in [0.1, 0.15) is 11.3 Å². The summed E-state index contributed by atoms with van der Waals surface area (Å²) in [5, 5.41) is 3.87. The Balaban J connectivity index is 1.54. The third-order valence-corrected chi connectivity index (χ3v) is 5.95. The van der Waals surface area contributed by atoms with Crippen molar-refractivity contribution in [3.63, 3.8) is 0 Å². The number of benzene rings is 2. The summed E-state index contributed by atoms with van der Waals surface area (Å²) >= 11 is 0. The molecule has 2 N–H and O–H groups in total. The van der Waals surface area contributed by atoms with Crippen molar-refractivity contribution in [2.75, 3.05) is 5.32 Å². The summed E-state index contributed by atoms with van der Waals surface area (Å²) in [6, 6.07) is 16.2. The molecule has 4 aromatic rings. The van der Waals surface area contributed by atoms with Gasteiger partial charge in [-0.05, 0) is 67.1 Å². The van der Waals surface area contributed by atoms with Crippen LogP contribution >= 0.6 is 0 Å². The Labute approximate surface area is 173 Å². The maximum atomic E-state index is 13.7. The minimum Gasteiger partial charge on any atom is -0.355 e. The summed E-state index contributed by atoms with van der Waals surface area (Å²) in [7, 11) is -3.66. The number of nitrogens with one attached hydrogen (secondary N) is 2. The molecule has 6 nitrogen and oxygen atoms in total. The van der Waals surface area contributed by atoms with Crippen LogP contribution < -0.4 is 10.0 Å². The van der Waals surface area contributed by atoms with Crippen molar-refractivity contribution in [3.05, 3.63) is 90.1 Å². The predicted octanol–water partition coefficient (Wildman–Crippen LogP) is 4.30. The number of nitrogens with zero attached hydrogens (tertiary/aromatic N) is 2. The molecule has 0 unspecified atom stereocenters. The number of hydrogen-bond acceptors (Lipinski definition) is 5. The second-order valence-electron chi connectivity index (χ2n) is 6.81. The first-order valence-electron chi connectivity index (χ1n) is 9.23. The van der Waals surface area contributed by atoms with Gasteiger partial charge in [0.05, 0.1) is 10.4 Å². The first-order valence-corrected chi connectivity index (χ1v) is 10.7.